The largest absolute Gasteiger partial charge is 0.434 e. The zero-order valence-corrected chi connectivity index (χ0v) is 20.0. The summed E-state index contributed by atoms with van der Waals surface area (Å²) >= 11 is 0. The second kappa shape index (κ2) is 9.73. The minimum Gasteiger partial charge on any atom is -0.434 e. The van der Waals surface area contributed by atoms with Crippen LogP contribution in [-0.2, 0) is 19.1 Å². The van der Waals surface area contributed by atoms with Crippen molar-refractivity contribution in [2.24, 2.45) is 0 Å². The van der Waals surface area contributed by atoms with E-state index in [1.165, 1.54) is 0 Å². The Labute approximate surface area is 208 Å². The number of hydrogen-bond acceptors (Lipinski definition) is 6. The molecule has 2 saturated heterocycles. The predicted molar refractivity (Wildman–Crippen MR) is 130 cm³/mol. The molecule has 36 heavy (non-hydrogen) atoms. The first kappa shape index (κ1) is 24.0. The standard InChI is InChI=1S/C27H29N3O6/c1-15-6-10-20(28-24(32)18-8-7-16-4-2-3-5-17(16)13-18)26(34)30-19(12-15)9-11-22(30)25(33)29-21-14-23(31)36-27(21)35/h2-8,13,19-22,27,35H,9-12,14H2,1H3,(H,28,32)(H,29,33). The molecule has 0 saturated carbocycles. The van der Waals surface area contributed by atoms with Crippen molar-refractivity contribution in [2.75, 3.05) is 0 Å². The summed E-state index contributed by atoms with van der Waals surface area (Å²) in [6.45, 7) is 1.99. The highest BCUT2D eigenvalue weighted by Gasteiger charge is 2.45. The zero-order valence-electron chi connectivity index (χ0n) is 20.0. The van der Waals surface area contributed by atoms with Crippen LogP contribution in [0.4, 0.5) is 0 Å². The predicted octanol–water partition coefficient (Wildman–Crippen LogP) is 1.79. The van der Waals surface area contributed by atoms with Crippen molar-refractivity contribution in [2.45, 2.75) is 69.5 Å². The van der Waals surface area contributed by atoms with Crippen LogP contribution in [0.5, 0.6) is 0 Å². The molecule has 9 nitrogen and oxygen atoms in total. The van der Waals surface area contributed by atoms with Gasteiger partial charge in [-0.3, -0.25) is 19.2 Å². The van der Waals surface area contributed by atoms with Gasteiger partial charge in [-0.25, -0.2) is 0 Å². The van der Waals surface area contributed by atoms with Gasteiger partial charge in [-0.05, 0) is 55.5 Å². The number of ether oxygens (including phenoxy) is 1. The molecular formula is C27H29N3O6. The Bertz CT molecular complexity index is 1260. The fourth-order valence-corrected chi connectivity index (χ4v) is 5.37. The van der Waals surface area contributed by atoms with Crippen LogP contribution in [0.1, 0.15) is 49.4 Å². The molecule has 0 spiro atoms. The molecule has 2 aromatic rings. The lowest BCUT2D eigenvalue weighted by Gasteiger charge is -2.35. The number of carbonyl (C=O) groups excluding carboxylic acids is 4. The molecule has 2 aromatic carbocycles. The smallest absolute Gasteiger partial charge is 0.310 e. The number of esters is 1. The van der Waals surface area contributed by atoms with E-state index in [1.807, 2.05) is 43.3 Å². The SMILES string of the molecule is CC1=CCC(NC(=O)c2ccc3ccccc3c2)C(=O)N2C(CCC2C(=O)NC2CC(=O)OC2O)C1. The number of benzene rings is 2. The van der Waals surface area contributed by atoms with Crippen LogP contribution in [0.2, 0.25) is 0 Å². The zero-order chi connectivity index (χ0) is 25.4. The first-order chi connectivity index (χ1) is 17.3. The van der Waals surface area contributed by atoms with Crippen molar-refractivity contribution in [1.82, 2.24) is 15.5 Å². The van der Waals surface area contributed by atoms with Crippen molar-refractivity contribution >= 4 is 34.5 Å². The fourth-order valence-electron chi connectivity index (χ4n) is 5.37. The Morgan fingerprint density at radius 2 is 1.81 bits per heavy atom. The Hall–Kier alpha value is -3.72. The van der Waals surface area contributed by atoms with E-state index in [1.54, 1.807) is 17.0 Å². The Morgan fingerprint density at radius 3 is 2.56 bits per heavy atom. The van der Waals surface area contributed by atoms with E-state index < -0.39 is 36.3 Å². The molecule has 0 radical (unpaired) electrons. The molecule has 0 bridgehead atoms. The molecule has 2 fully saturated rings. The number of fused-ring (bicyclic) bond motifs is 2. The Morgan fingerprint density at radius 1 is 1.03 bits per heavy atom. The van der Waals surface area contributed by atoms with Gasteiger partial charge in [0.1, 0.15) is 18.1 Å². The quantitative estimate of drug-likeness (QED) is 0.442. The van der Waals surface area contributed by atoms with Gasteiger partial charge in [0, 0.05) is 11.6 Å². The highest BCUT2D eigenvalue weighted by molar-refractivity contribution is 6.01. The minimum atomic E-state index is -1.40. The molecule has 0 aromatic heterocycles. The summed E-state index contributed by atoms with van der Waals surface area (Å²) in [4.78, 5) is 53.0. The normalized spacial score (nSPS) is 28.1. The summed E-state index contributed by atoms with van der Waals surface area (Å²) in [7, 11) is 0. The second-order valence-electron chi connectivity index (χ2n) is 9.77. The van der Waals surface area contributed by atoms with Crippen molar-refractivity contribution in [1.29, 1.82) is 0 Å². The number of amides is 3. The van der Waals surface area contributed by atoms with E-state index in [0.717, 1.165) is 16.3 Å². The average Bonchev–Trinajstić information content (AvgIpc) is 3.41. The van der Waals surface area contributed by atoms with Crippen LogP contribution in [0.25, 0.3) is 10.8 Å². The number of aliphatic hydroxyl groups is 1. The molecule has 3 aliphatic heterocycles. The Kier molecular flexibility index (Phi) is 6.49. The first-order valence-corrected chi connectivity index (χ1v) is 12.3. The van der Waals surface area contributed by atoms with E-state index >= 15 is 0 Å². The molecule has 3 amide bonds. The van der Waals surface area contributed by atoms with Gasteiger partial charge in [-0.15, -0.1) is 0 Å². The van der Waals surface area contributed by atoms with E-state index in [4.69, 9.17) is 4.74 Å². The molecule has 188 valence electrons. The summed E-state index contributed by atoms with van der Waals surface area (Å²) in [6, 6.07) is 10.5. The van der Waals surface area contributed by atoms with Crippen LogP contribution >= 0.6 is 0 Å². The van der Waals surface area contributed by atoms with Gasteiger partial charge in [-0.2, -0.15) is 0 Å². The van der Waals surface area contributed by atoms with Gasteiger partial charge in [0.2, 0.25) is 18.1 Å². The topological polar surface area (TPSA) is 125 Å². The van der Waals surface area contributed by atoms with Gasteiger partial charge >= 0.3 is 5.97 Å². The van der Waals surface area contributed by atoms with E-state index in [9.17, 15) is 24.3 Å². The number of rotatable bonds is 4. The van der Waals surface area contributed by atoms with E-state index in [-0.39, 0.29) is 24.3 Å². The number of aliphatic hydroxyl groups excluding tert-OH is 1. The maximum atomic E-state index is 13.7. The monoisotopic (exact) mass is 491 g/mol. The molecule has 5 rings (SSSR count). The van der Waals surface area contributed by atoms with Gasteiger partial charge in [-0.1, -0.05) is 42.0 Å². The van der Waals surface area contributed by atoms with Gasteiger partial charge < -0.3 is 25.4 Å². The average molecular weight is 492 g/mol. The van der Waals surface area contributed by atoms with Gasteiger partial charge in [0.05, 0.1) is 6.42 Å². The van der Waals surface area contributed by atoms with E-state index in [0.29, 0.717) is 31.2 Å². The van der Waals surface area contributed by atoms with Crippen molar-refractivity contribution in [3.8, 4) is 0 Å². The molecule has 0 aliphatic carbocycles. The molecule has 3 heterocycles. The number of hydrogen-bond donors (Lipinski definition) is 3. The highest BCUT2D eigenvalue weighted by Crippen LogP contribution is 2.32. The third-order valence-corrected chi connectivity index (χ3v) is 7.24. The maximum absolute atomic E-state index is 13.7. The molecule has 3 N–H and O–H groups in total. The summed E-state index contributed by atoms with van der Waals surface area (Å²) in [5.41, 5.74) is 1.55. The summed E-state index contributed by atoms with van der Waals surface area (Å²) in [6.07, 6.45) is 2.52. The lowest BCUT2D eigenvalue weighted by molar-refractivity contribution is -0.155. The number of nitrogens with one attached hydrogen (secondary N) is 2. The second-order valence-corrected chi connectivity index (χ2v) is 9.77. The molecule has 5 unspecified atom stereocenters. The molecule has 5 atom stereocenters. The van der Waals surface area contributed by atoms with Crippen LogP contribution in [0, 0.1) is 0 Å². The third-order valence-electron chi connectivity index (χ3n) is 7.24. The minimum absolute atomic E-state index is 0.122. The molecule has 9 heteroatoms. The molecular weight excluding hydrogens is 462 g/mol. The first-order valence-electron chi connectivity index (χ1n) is 12.3. The Balaban J connectivity index is 1.35. The lowest BCUT2D eigenvalue weighted by Crippen LogP contribution is -2.57. The van der Waals surface area contributed by atoms with Crippen LogP contribution < -0.4 is 10.6 Å². The maximum Gasteiger partial charge on any atom is 0.310 e. The highest BCUT2D eigenvalue weighted by atomic mass is 16.6. The van der Waals surface area contributed by atoms with Crippen molar-refractivity contribution < 1.29 is 29.0 Å². The number of cyclic esters (lactones) is 1. The van der Waals surface area contributed by atoms with Crippen molar-refractivity contribution in [3.63, 3.8) is 0 Å². The molecule has 3 aliphatic rings. The van der Waals surface area contributed by atoms with Gasteiger partial charge in [0.15, 0.2) is 0 Å². The lowest BCUT2D eigenvalue weighted by atomic mass is 9.98. The fraction of sp³-hybridized carbons (Fsp3) is 0.407. The summed E-state index contributed by atoms with van der Waals surface area (Å²) in [5.74, 6) is -1.69. The summed E-state index contributed by atoms with van der Waals surface area (Å²) < 4.78 is 4.71. The van der Waals surface area contributed by atoms with Crippen molar-refractivity contribution in [3.05, 3.63) is 59.7 Å². The third kappa shape index (κ3) is 4.70. The van der Waals surface area contributed by atoms with Crippen LogP contribution in [-0.4, -0.2) is 64.2 Å². The van der Waals surface area contributed by atoms with Crippen LogP contribution in [0.3, 0.4) is 0 Å². The summed E-state index contributed by atoms with van der Waals surface area (Å²) in [5, 5.41) is 17.4. The van der Waals surface area contributed by atoms with Crippen LogP contribution in [0.15, 0.2) is 54.1 Å². The number of carbonyl (C=O) groups is 4. The number of nitrogens with zero attached hydrogens (tertiary/aromatic N) is 1. The van der Waals surface area contributed by atoms with E-state index in [2.05, 4.69) is 10.6 Å². The van der Waals surface area contributed by atoms with Gasteiger partial charge in [0.25, 0.3) is 5.91 Å².